The van der Waals surface area contributed by atoms with Crippen LogP contribution in [-0.2, 0) is 11.3 Å². The minimum absolute atomic E-state index is 0.262. The molecule has 0 aliphatic carbocycles. The highest BCUT2D eigenvalue weighted by atomic mass is 32.1. The number of β-amino-alcohol motifs (C(OH)–C–C–N with tert-alkyl or cyclic N) is 1. The van der Waals surface area contributed by atoms with Crippen LogP contribution in [0.15, 0.2) is 54.6 Å². The van der Waals surface area contributed by atoms with Crippen LogP contribution in [0.25, 0.3) is 11.3 Å². The van der Waals surface area contributed by atoms with Crippen molar-refractivity contribution in [1.29, 1.82) is 0 Å². The molecule has 1 saturated heterocycles. The third kappa shape index (κ3) is 5.67. The molecule has 34 heavy (non-hydrogen) atoms. The van der Waals surface area contributed by atoms with Crippen molar-refractivity contribution < 1.29 is 19.1 Å². The number of nitrogens with one attached hydrogen (secondary N) is 2. The molecule has 1 aliphatic heterocycles. The normalized spacial score (nSPS) is 16.4. The highest BCUT2D eigenvalue weighted by molar-refractivity contribution is 7.16. The van der Waals surface area contributed by atoms with Crippen LogP contribution in [0.1, 0.15) is 35.5 Å². The van der Waals surface area contributed by atoms with Crippen molar-refractivity contribution in [3.05, 3.63) is 70.9 Å². The van der Waals surface area contributed by atoms with E-state index in [4.69, 9.17) is 0 Å². The van der Waals surface area contributed by atoms with Crippen LogP contribution >= 0.6 is 11.3 Å². The number of hydrogen-bond acceptors (Lipinski definition) is 6. The van der Waals surface area contributed by atoms with Gasteiger partial charge in [0.2, 0.25) is 0 Å². The first kappa shape index (κ1) is 24.0. The van der Waals surface area contributed by atoms with E-state index >= 15 is 0 Å². The second-order valence-electron chi connectivity index (χ2n) is 8.87. The lowest BCUT2D eigenvalue weighted by molar-refractivity contribution is -0.120. The van der Waals surface area contributed by atoms with Crippen molar-refractivity contribution in [3.8, 4) is 11.3 Å². The molecule has 0 saturated carbocycles. The van der Waals surface area contributed by atoms with Gasteiger partial charge in [-0.15, -0.1) is 0 Å². The van der Waals surface area contributed by atoms with Gasteiger partial charge < -0.3 is 10.4 Å². The summed E-state index contributed by atoms with van der Waals surface area (Å²) in [6.45, 7) is 5.23. The van der Waals surface area contributed by atoms with E-state index in [-0.39, 0.29) is 11.7 Å². The Labute approximate surface area is 201 Å². The Balaban J connectivity index is 1.51. The summed E-state index contributed by atoms with van der Waals surface area (Å²) in [7, 11) is 0. The second kappa shape index (κ2) is 10.0. The highest BCUT2D eigenvalue weighted by Gasteiger charge is 2.31. The van der Waals surface area contributed by atoms with Crippen LogP contribution in [0.4, 0.5) is 9.52 Å². The van der Waals surface area contributed by atoms with E-state index in [9.17, 15) is 19.1 Å². The molecule has 0 radical (unpaired) electrons. The van der Waals surface area contributed by atoms with E-state index in [2.05, 4.69) is 20.5 Å². The molecule has 9 heteroatoms. The summed E-state index contributed by atoms with van der Waals surface area (Å²) in [4.78, 5) is 33.4. The van der Waals surface area contributed by atoms with E-state index in [1.54, 1.807) is 13.8 Å². The number of carbonyl (C=O) groups is 2. The van der Waals surface area contributed by atoms with E-state index in [0.717, 1.165) is 29.1 Å². The molecule has 2 aromatic carbocycles. The van der Waals surface area contributed by atoms with Gasteiger partial charge in [-0.2, -0.15) is 0 Å². The van der Waals surface area contributed by atoms with Crippen LogP contribution < -0.4 is 10.6 Å². The standard InChI is InChI=1S/C25H27FN4O3S/c1-25(2,29-22(32)17-8-10-18(26)11-9-17)23(33)28-24-27-21(16-6-4-3-5-7-16)20(34-24)15-30-13-12-19(31)14-30/h3-11,19,31H,12-15H2,1-2H3,(H,29,32)(H,27,28,33)/t19-/m0/s1. The molecule has 2 amide bonds. The number of carbonyl (C=O) groups excluding carboxylic acids is 2. The van der Waals surface area contributed by atoms with Gasteiger partial charge in [0.25, 0.3) is 11.8 Å². The lowest BCUT2D eigenvalue weighted by atomic mass is 10.0. The minimum atomic E-state index is -1.23. The molecule has 1 fully saturated rings. The van der Waals surface area contributed by atoms with Crippen LogP contribution in [0.3, 0.4) is 0 Å². The fraction of sp³-hybridized carbons (Fsp3) is 0.320. The maximum absolute atomic E-state index is 13.1. The lowest BCUT2D eigenvalue weighted by Gasteiger charge is -2.24. The fourth-order valence-corrected chi connectivity index (χ4v) is 4.78. The second-order valence-corrected chi connectivity index (χ2v) is 9.96. The Kier molecular flexibility index (Phi) is 7.06. The van der Waals surface area contributed by atoms with Crippen molar-refractivity contribution in [2.75, 3.05) is 18.4 Å². The van der Waals surface area contributed by atoms with Gasteiger partial charge in [-0.05, 0) is 44.5 Å². The average molecular weight is 483 g/mol. The number of rotatable bonds is 7. The number of likely N-dealkylation sites (tertiary alicyclic amines) is 1. The Morgan fingerprint density at radius 2 is 1.88 bits per heavy atom. The van der Waals surface area contributed by atoms with Gasteiger partial charge >= 0.3 is 0 Å². The zero-order chi connectivity index (χ0) is 24.3. The van der Waals surface area contributed by atoms with Crippen LogP contribution in [0.5, 0.6) is 0 Å². The Hall–Kier alpha value is -3.14. The Morgan fingerprint density at radius 3 is 2.53 bits per heavy atom. The minimum Gasteiger partial charge on any atom is -0.392 e. The number of halogens is 1. The molecular formula is C25H27FN4O3S. The molecule has 1 aromatic heterocycles. The summed E-state index contributed by atoms with van der Waals surface area (Å²) < 4.78 is 13.1. The summed E-state index contributed by atoms with van der Waals surface area (Å²) in [5.41, 5.74) is 0.759. The third-order valence-electron chi connectivity index (χ3n) is 5.68. The topological polar surface area (TPSA) is 94.6 Å². The number of amides is 2. The molecule has 4 rings (SSSR count). The van der Waals surface area contributed by atoms with Gasteiger partial charge in [-0.3, -0.25) is 19.8 Å². The van der Waals surface area contributed by atoms with Crippen LogP contribution in [-0.4, -0.2) is 51.5 Å². The van der Waals surface area contributed by atoms with Crippen molar-refractivity contribution in [2.45, 2.75) is 38.5 Å². The zero-order valence-corrected chi connectivity index (χ0v) is 19.9. The van der Waals surface area contributed by atoms with Gasteiger partial charge in [0.1, 0.15) is 11.4 Å². The zero-order valence-electron chi connectivity index (χ0n) is 19.0. The molecule has 1 aliphatic rings. The quantitative estimate of drug-likeness (QED) is 0.478. The molecule has 0 unspecified atom stereocenters. The van der Waals surface area contributed by atoms with E-state index in [0.29, 0.717) is 18.2 Å². The Bertz CT molecular complexity index is 1160. The summed E-state index contributed by atoms with van der Waals surface area (Å²) in [6, 6.07) is 14.9. The van der Waals surface area contributed by atoms with Crippen molar-refractivity contribution >= 4 is 28.3 Å². The molecule has 0 bridgehead atoms. The molecule has 2 heterocycles. The highest BCUT2D eigenvalue weighted by Crippen LogP contribution is 2.33. The van der Waals surface area contributed by atoms with Crippen LogP contribution in [0.2, 0.25) is 0 Å². The van der Waals surface area contributed by atoms with Gasteiger partial charge in [-0.1, -0.05) is 41.7 Å². The molecule has 1 atom stereocenters. The first-order valence-corrected chi connectivity index (χ1v) is 11.9. The van der Waals surface area contributed by atoms with Crippen molar-refractivity contribution in [1.82, 2.24) is 15.2 Å². The molecule has 7 nitrogen and oxygen atoms in total. The third-order valence-corrected chi connectivity index (χ3v) is 6.64. The largest absolute Gasteiger partial charge is 0.392 e. The summed E-state index contributed by atoms with van der Waals surface area (Å²) >= 11 is 1.38. The number of anilines is 1. The number of aromatic nitrogens is 1. The fourth-order valence-electron chi connectivity index (χ4n) is 3.76. The number of aliphatic hydroxyl groups is 1. The van der Waals surface area contributed by atoms with E-state index in [1.165, 1.54) is 35.6 Å². The maximum Gasteiger partial charge on any atom is 0.252 e. The van der Waals surface area contributed by atoms with Gasteiger partial charge in [0.15, 0.2) is 5.13 Å². The predicted octanol–water partition coefficient (Wildman–Crippen LogP) is 3.66. The van der Waals surface area contributed by atoms with Gasteiger partial charge in [0.05, 0.1) is 11.8 Å². The first-order valence-electron chi connectivity index (χ1n) is 11.1. The molecule has 178 valence electrons. The predicted molar refractivity (Wildman–Crippen MR) is 130 cm³/mol. The number of benzene rings is 2. The summed E-state index contributed by atoms with van der Waals surface area (Å²) in [6.07, 6.45) is 0.420. The smallest absolute Gasteiger partial charge is 0.252 e. The van der Waals surface area contributed by atoms with Gasteiger partial charge in [-0.25, -0.2) is 9.37 Å². The number of thiazole rings is 1. The molecule has 0 spiro atoms. The van der Waals surface area contributed by atoms with Crippen molar-refractivity contribution in [2.24, 2.45) is 0 Å². The molecule has 3 N–H and O–H groups in total. The van der Waals surface area contributed by atoms with Crippen molar-refractivity contribution in [3.63, 3.8) is 0 Å². The van der Waals surface area contributed by atoms with Crippen LogP contribution in [0, 0.1) is 5.82 Å². The SMILES string of the molecule is CC(C)(NC(=O)c1ccc(F)cc1)C(=O)Nc1nc(-c2ccccc2)c(CN2CC[C@H](O)C2)s1. The lowest BCUT2D eigenvalue weighted by Crippen LogP contribution is -2.52. The number of nitrogens with zero attached hydrogens (tertiary/aromatic N) is 2. The summed E-state index contributed by atoms with van der Waals surface area (Å²) in [5, 5.41) is 15.8. The summed E-state index contributed by atoms with van der Waals surface area (Å²) in [5.74, 6) is -1.33. The number of hydrogen-bond donors (Lipinski definition) is 3. The van der Waals surface area contributed by atoms with Gasteiger partial charge in [0, 0.05) is 35.6 Å². The molecular weight excluding hydrogens is 455 g/mol. The number of aliphatic hydroxyl groups excluding tert-OH is 1. The first-order chi connectivity index (χ1) is 16.2. The average Bonchev–Trinajstić information content (AvgIpc) is 3.40. The maximum atomic E-state index is 13.1. The molecule has 3 aromatic rings. The van der Waals surface area contributed by atoms with E-state index < -0.39 is 23.2 Å². The monoisotopic (exact) mass is 482 g/mol. The Morgan fingerprint density at radius 1 is 1.18 bits per heavy atom. The van der Waals surface area contributed by atoms with E-state index in [1.807, 2.05) is 30.3 Å².